The van der Waals surface area contributed by atoms with E-state index in [1.807, 2.05) is 0 Å². The Morgan fingerprint density at radius 3 is 1.87 bits per heavy atom. The van der Waals surface area contributed by atoms with Crippen molar-refractivity contribution in [2.75, 3.05) is 0 Å². The van der Waals surface area contributed by atoms with Crippen molar-refractivity contribution in [2.24, 2.45) is 0 Å². The lowest BCUT2D eigenvalue weighted by Gasteiger charge is -2.23. The Balaban J connectivity index is 4.87. The molecule has 1 N–H and O–H groups in total. The number of carboxylic acids is 1. The molecule has 0 heterocycles. The van der Waals surface area contributed by atoms with Gasteiger partial charge in [0, 0.05) is 0 Å². The summed E-state index contributed by atoms with van der Waals surface area (Å²) in [6, 6.07) is 0. The first-order valence-electron chi connectivity index (χ1n) is 3.48. The highest BCUT2D eigenvalue weighted by Crippen LogP contribution is 2.34. The van der Waals surface area contributed by atoms with Crippen LogP contribution in [0.3, 0.4) is 0 Å². The summed E-state index contributed by atoms with van der Waals surface area (Å²) in [7, 11) is 0. The van der Waals surface area contributed by atoms with E-state index in [-0.39, 0.29) is 0 Å². The summed E-state index contributed by atoms with van der Waals surface area (Å²) in [6.45, 7) is 2.40. The quantitative estimate of drug-likeness (QED) is 0.586. The summed E-state index contributed by atoms with van der Waals surface area (Å²) in [5.41, 5.74) is -1.68. The molecule has 0 aromatic carbocycles. The average Bonchev–Trinajstić information content (AvgIpc) is 2.13. The number of halogens is 6. The second kappa shape index (κ2) is 4.54. The third-order valence-electron chi connectivity index (χ3n) is 1.51. The Labute approximate surface area is 80.2 Å². The molecule has 0 saturated heterocycles. The summed E-state index contributed by atoms with van der Waals surface area (Å²) in [4.78, 5) is 10.00. The molecule has 0 aliphatic carbocycles. The minimum atomic E-state index is -5.12. The van der Waals surface area contributed by atoms with Gasteiger partial charge in [-0.15, -0.1) is 0 Å². The maximum Gasteiger partial charge on any atom is 0.334 e. The molecule has 0 spiro atoms. The van der Waals surface area contributed by atoms with Gasteiger partial charge in [-0.05, 0) is 0 Å². The number of rotatable bonds is 5. The summed E-state index contributed by atoms with van der Waals surface area (Å²) in [5.74, 6) is -7.27. The lowest BCUT2D eigenvalue weighted by molar-refractivity contribution is -0.162. The number of hydrogen-bond donors (Lipinski definition) is 1. The van der Waals surface area contributed by atoms with Crippen molar-refractivity contribution in [2.45, 2.75) is 24.7 Å². The third kappa shape index (κ3) is 2.87. The summed E-state index contributed by atoms with van der Waals surface area (Å²) in [6.07, 6.45) is -11.9. The van der Waals surface area contributed by atoms with Gasteiger partial charge >= 0.3 is 11.9 Å². The van der Waals surface area contributed by atoms with Gasteiger partial charge in [-0.1, -0.05) is 6.58 Å². The highest BCUT2D eigenvalue weighted by molar-refractivity contribution is 5.87. The predicted molar refractivity (Wildman–Crippen MR) is 37.5 cm³/mol. The van der Waals surface area contributed by atoms with Gasteiger partial charge in [0.1, 0.15) is 0 Å². The first-order chi connectivity index (χ1) is 6.62. The van der Waals surface area contributed by atoms with E-state index in [0.29, 0.717) is 0 Å². The summed E-state index contributed by atoms with van der Waals surface area (Å²) in [5, 5.41) is 8.05. The van der Waals surface area contributed by atoms with Gasteiger partial charge in [0.15, 0.2) is 6.17 Å². The molecule has 0 aromatic rings. The SMILES string of the molecule is C=C(C(=O)O)C(F)C(F)(F)C(F)C(F)F. The van der Waals surface area contributed by atoms with Crippen molar-refractivity contribution in [1.29, 1.82) is 0 Å². The highest BCUT2D eigenvalue weighted by atomic mass is 19.3. The van der Waals surface area contributed by atoms with E-state index in [1.165, 1.54) is 0 Å². The first-order valence-corrected chi connectivity index (χ1v) is 3.48. The van der Waals surface area contributed by atoms with Gasteiger partial charge < -0.3 is 5.11 Å². The molecule has 15 heavy (non-hydrogen) atoms. The molecule has 0 amide bonds. The van der Waals surface area contributed by atoms with Crippen LogP contribution in [-0.4, -0.2) is 35.8 Å². The monoisotopic (exact) mass is 236 g/mol. The molecule has 0 rings (SSSR count). The molecule has 8 heteroatoms. The Hall–Kier alpha value is -1.21. The van der Waals surface area contributed by atoms with Gasteiger partial charge in [0.25, 0.3) is 6.43 Å². The molecule has 0 aromatic heterocycles. The topological polar surface area (TPSA) is 37.3 Å². The van der Waals surface area contributed by atoms with Crippen LogP contribution >= 0.6 is 0 Å². The van der Waals surface area contributed by atoms with Crippen LogP contribution in [0, 0.1) is 0 Å². The standard InChI is InChI=1S/C7H6F6O2/c1-2(6(14)15)3(8)7(12,13)4(9)5(10)11/h3-5H,1H2,(H,14,15). The lowest BCUT2D eigenvalue weighted by Crippen LogP contribution is -2.45. The van der Waals surface area contributed by atoms with Crippen molar-refractivity contribution in [3.05, 3.63) is 12.2 Å². The van der Waals surface area contributed by atoms with Crippen molar-refractivity contribution in [1.82, 2.24) is 0 Å². The van der Waals surface area contributed by atoms with Gasteiger partial charge in [-0.3, -0.25) is 0 Å². The number of aliphatic carboxylic acids is 1. The van der Waals surface area contributed by atoms with Crippen LogP contribution in [0.5, 0.6) is 0 Å². The molecule has 88 valence electrons. The van der Waals surface area contributed by atoms with E-state index < -0.39 is 36.2 Å². The fraction of sp³-hybridized carbons (Fsp3) is 0.571. The third-order valence-corrected chi connectivity index (χ3v) is 1.51. The van der Waals surface area contributed by atoms with Crippen molar-refractivity contribution in [3.63, 3.8) is 0 Å². The Morgan fingerprint density at radius 2 is 1.60 bits per heavy atom. The van der Waals surface area contributed by atoms with Gasteiger partial charge in [0.2, 0.25) is 6.17 Å². The minimum Gasteiger partial charge on any atom is -0.478 e. The molecule has 2 nitrogen and oxygen atoms in total. The second-order valence-electron chi connectivity index (χ2n) is 2.60. The highest BCUT2D eigenvalue weighted by Gasteiger charge is 2.55. The Bertz CT molecular complexity index is 264. The maximum atomic E-state index is 12.6. The zero-order chi connectivity index (χ0) is 12.4. The van der Waals surface area contributed by atoms with E-state index in [0.717, 1.165) is 0 Å². The predicted octanol–water partition coefficient (Wildman–Crippen LogP) is 2.20. The Morgan fingerprint density at radius 1 is 1.20 bits per heavy atom. The van der Waals surface area contributed by atoms with Gasteiger partial charge in [0.05, 0.1) is 5.57 Å². The van der Waals surface area contributed by atoms with E-state index >= 15 is 0 Å². The van der Waals surface area contributed by atoms with Crippen LogP contribution in [0.25, 0.3) is 0 Å². The molecule has 0 bridgehead atoms. The van der Waals surface area contributed by atoms with E-state index in [4.69, 9.17) is 5.11 Å². The minimum absolute atomic E-state index is 1.68. The number of carbonyl (C=O) groups is 1. The number of carboxylic acid groups (broad SMARTS) is 1. The van der Waals surface area contributed by atoms with Gasteiger partial charge in [-0.2, -0.15) is 8.78 Å². The normalized spacial score (nSPS) is 16.2. The molecule has 0 aliphatic heterocycles. The summed E-state index contributed by atoms with van der Waals surface area (Å²) < 4.78 is 73.0. The molecule has 2 unspecified atom stereocenters. The molecule has 0 saturated carbocycles. The van der Waals surface area contributed by atoms with Crippen LogP contribution in [0.15, 0.2) is 12.2 Å². The second-order valence-corrected chi connectivity index (χ2v) is 2.60. The van der Waals surface area contributed by atoms with Crippen LogP contribution in [0.4, 0.5) is 26.3 Å². The van der Waals surface area contributed by atoms with Gasteiger partial charge in [-0.25, -0.2) is 22.4 Å². The fourth-order valence-electron chi connectivity index (χ4n) is 0.648. The van der Waals surface area contributed by atoms with Crippen molar-refractivity contribution < 1.29 is 36.2 Å². The Kier molecular flexibility index (Phi) is 4.17. The molecular weight excluding hydrogens is 230 g/mol. The van der Waals surface area contributed by atoms with E-state index in [9.17, 15) is 31.1 Å². The zero-order valence-electron chi connectivity index (χ0n) is 7.06. The number of hydrogen-bond acceptors (Lipinski definition) is 1. The maximum absolute atomic E-state index is 12.6. The molecule has 2 atom stereocenters. The molecule has 0 fully saturated rings. The fourth-order valence-corrected chi connectivity index (χ4v) is 0.648. The van der Waals surface area contributed by atoms with Crippen LogP contribution in [0.1, 0.15) is 0 Å². The molecule has 0 aliphatic rings. The van der Waals surface area contributed by atoms with E-state index in [1.54, 1.807) is 0 Å². The molecule has 0 radical (unpaired) electrons. The van der Waals surface area contributed by atoms with Crippen molar-refractivity contribution >= 4 is 5.97 Å². The number of alkyl halides is 6. The lowest BCUT2D eigenvalue weighted by atomic mass is 10.0. The smallest absolute Gasteiger partial charge is 0.334 e. The first kappa shape index (κ1) is 13.8. The van der Waals surface area contributed by atoms with Crippen LogP contribution in [-0.2, 0) is 4.79 Å². The van der Waals surface area contributed by atoms with Crippen molar-refractivity contribution in [3.8, 4) is 0 Å². The zero-order valence-corrected chi connectivity index (χ0v) is 7.06. The molecular formula is C7H6F6O2. The average molecular weight is 236 g/mol. The van der Waals surface area contributed by atoms with E-state index in [2.05, 4.69) is 6.58 Å². The van der Waals surface area contributed by atoms with Crippen LogP contribution in [0.2, 0.25) is 0 Å². The summed E-state index contributed by atoms with van der Waals surface area (Å²) >= 11 is 0. The largest absolute Gasteiger partial charge is 0.478 e. The van der Waals surface area contributed by atoms with Crippen LogP contribution < -0.4 is 0 Å².